The van der Waals surface area contributed by atoms with Crippen LogP contribution in [-0.2, 0) is 16.0 Å². The summed E-state index contributed by atoms with van der Waals surface area (Å²) in [5, 5.41) is 14.8. The molecule has 122 valence electrons. The maximum Gasteiger partial charge on any atom is 0.242 e. The molecule has 0 unspecified atom stereocenters. The number of aryl methyl sites for hydroxylation is 1. The Bertz CT molecular complexity index is 527. The number of carbonyl (C=O) groups is 2. The van der Waals surface area contributed by atoms with Gasteiger partial charge in [-0.25, -0.2) is 0 Å². The number of carbonyl (C=O) groups excluding carboxylic acids is 2. The van der Waals surface area contributed by atoms with E-state index in [-0.39, 0.29) is 17.6 Å². The molecule has 0 aromatic heterocycles. The molecule has 0 spiro atoms. The van der Waals surface area contributed by atoms with Crippen molar-refractivity contribution in [1.82, 2.24) is 10.6 Å². The van der Waals surface area contributed by atoms with Crippen LogP contribution in [-0.4, -0.2) is 30.0 Å². The SMILES string of the molecule is CNC(=O)[C@H](Cc1ccc(O)cc1C)NC(=O)CCC(C)C. The van der Waals surface area contributed by atoms with E-state index in [0.717, 1.165) is 17.5 Å². The summed E-state index contributed by atoms with van der Waals surface area (Å²) in [6.07, 6.45) is 1.61. The monoisotopic (exact) mass is 306 g/mol. The molecule has 1 aromatic rings. The number of benzene rings is 1. The standard InChI is InChI=1S/C17H26N2O3/c1-11(2)5-8-16(21)19-15(17(22)18-4)10-13-6-7-14(20)9-12(13)3/h6-7,9,11,15,20H,5,8,10H2,1-4H3,(H,18,22)(H,19,21)/t15-/m0/s1. The largest absolute Gasteiger partial charge is 0.508 e. The molecule has 0 bridgehead atoms. The minimum Gasteiger partial charge on any atom is -0.508 e. The predicted molar refractivity (Wildman–Crippen MR) is 86.6 cm³/mol. The summed E-state index contributed by atoms with van der Waals surface area (Å²) in [5.74, 6) is 0.311. The van der Waals surface area contributed by atoms with Crippen LogP contribution in [0.2, 0.25) is 0 Å². The summed E-state index contributed by atoms with van der Waals surface area (Å²) >= 11 is 0. The lowest BCUT2D eigenvalue weighted by molar-refractivity contribution is -0.128. The third-order valence-corrected chi connectivity index (χ3v) is 3.60. The van der Waals surface area contributed by atoms with Crippen molar-refractivity contribution in [3.05, 3.63) is 29.3 Å². The molecular formula is C17H26N2O3. The van der Waals surface area contributed by atoms with Crippen molar-refractivity contribution in [1.29, 1.82) is 0 Å². The average Bonchev–Trinajstić information content (AvgIpc) is 2.46. The fourth-order valence-corrected chi connectivity index (χ4v) is 2.20. The molecule has 0 heterocycles. The molecule has 5 heteroatoms. The zero-order valence-corrected chi connectivity index (χ0v) is 13.8. The van der Waals surface area contributed by atoms with Crippen LogP contribution in [0, 0.1) is 12.8 Å². The first-order chi connectivity index (χ1) is 10.3. The maximum absolute atomic E-state index is 12.0. The Morgan fingerprint density at radius 2 is 1.95 bits per heavy atom. The molecule has 0 aliphatic carbocycles. The van der Waals surface area contributed by atoms with Crippen LogP contribution in [0.1, 0.15) is 37.8 Å². The number of hydrogen-bond donors (Lipinski definition) is 3. The molecule has 3 N–H and O–H groups in total. The molecule has 0 aliphatic rings. The van der Waals surface area contributed by atoms with Crippen molar-refractivity contribution in [2.24, 2.45) is 5.92 Å². The van der Waals surface area contributed by atoms with Crippen molar-refractivity contribution < 1.29 is 14.7 Å². The van der Waals surface area contributed by atoms with Gasteiger partial charge in [-0.3, -0.25) is 9.59 Å². The lowest BCUT2D eigenvalue weighted by Crippen LogP contribution is -2.47. The third-order valence-electron chi connectivity index (χ3n) is 3.60. The molecule has 1 aromatic carbocycles. The first-order valence-electron chi connectivity index (χ1n) is 7.63. The molecule has 1 rings (SSSR count). The van der Waals surface area contributed by atoms with Crippen molar-refractivity contribution in [3.63, 3.8) is 0 Å². The molecule has 0 fully saturated rings. The van der Waals surface area contributed by atoms with Gasteiger partial charge in [0.05, 0.1) is 0 Å². The van der Waals surface area contributed by atoms with Crippen LogP contribution in [0.25, 0.3) is 0 Å². The number of aromatic hydroxyl groups is 1. The van der Waals surface area contributed by atoms with Crippen LogP contribution >= 0.6 is 0 Å². The number of rotatable bonds is 7. The Hall–Kier alpha value is -2.04. The van der Waals surface area contributed by atoms with Gasteiger partial charge in [0.1, 0.15) is 11.8 Å². The van der Waals surface area contributed by atoms with Gasteiger partial charge in [0, 0.05) is 19.9 Å². The zero-order valence-electron chi connectivity index (χ0n) is 13.8. The van der Waals surface area contributed by atoms with Gasteiger partial charge in [-0.2, -0.15) is 0 Å². The minimum absolute atomic E-state index is 0.112. The fourth-order valence-electron chi connectivity index (χ4n) is 2.20. The molecule has 0 saturated heterocycles. The smallest absolute Gasteiger partial charge is 0.242 e. The van der Waals surface area contributed by atoms with E-state index in [1.54, 1.807) is 25.2 Å². The van der Waals surface area contributed by atoms with E-state index >= 15 is 0 Å². The Labute approximate surface area is 132 Å². The molecule has 0 aliphatic heterocycles. The van der Waals surface area contributed by atoms with Gasteiger partial charge in [0.15, 0.2) is 0 Å². The van der Waals surface area contributed by atoms with Gasteiger partial charge in [0.25, 0.3) is 0 Å². The number of likely N-dealkylation sites (N-methyl/N-ethyl adjacent to an activating group) is 1. The normalized spacial score (nSPS) is 12.0. The van der Waals surface area contributed by atoms with E-state index in [0.29, 0.717) is 18.8 Å². The van der Waals surface area contributed by atoms with Gasteiger partial charge >= 0.3 is 0 Å². The summed E-state index contributed by atoms with van der Waals surface area (Å²) in [7, 11) is 1.55. The van der Waals surface area contributed by atoms with Gasteiger partial charge < -0.3 is 15.7 Å². The van der Waals surface area contributed by atoms with Crippen molar-refractivity contribution in [3.8, 4) is 5.75 Å². The van der Waals surface area contributed by atoms with E-state index in [9.17, 15) is 14.7 Å². The highest BCUT2D eigenvalue weighted by Gasteiger charge is 2.21. The van der Waals surface area contributed by atoms with Crippen LogP contribution < -0.4 is 10.6 Å². The molecular weight excluding hydrogens is 280 g/mol. The quantitative estimate of drug-likeness (QED) is 0.720. The van der Waals surface area contributed by atoms with E-state index < -0.39 is 6.04 Å². The first kappa shape index (κ1) is 18.0. The minimum atomic E-state index is -0.604. The zero-order chi connectivity index (χ0) is 16.7. The number of phenolic OH excluding ortho intramolecular Hbond substituents is 1. The fraction of sp³-hybridized carbons (Fsp3) is 0.529. The van der Waals surface area contributed by atoms with E-state index in [1.807, 2.05) is 6.92 Å². The van der Waals surface area contributed by atoms with Gasteiger partial charge in [-0.1, -0.05) is 19.9 Å². The van der Waals surface area contributed by atoms with E-state index in [4.69, 9.17) is 0 Å². The maximum atomic E-state index is 12.0. The predicted octanol–water partition coefficient (Wildman–Crippen LogP) is 1.91. The van der Waals surface area contributed by atoms with Crippen LogP contribution in [0.4, 0.5) is 0 Å². The van der Waals surface area contributed by atoms with Crippen molar-refractivity contribution >= 4 is 11.8 Å². The van der Waals surface area contributed by atoms with Gasteiger partial charge in [-0.15, -0.1) is 0 Å². The van der Waals surface area contributed by atoms with Gasteiger partial charge in [0.2, 0.25) is 11.8 Å². The van der Waals surface area contributed by atoms with Crippen molar-refractivity contribution in [2.75, 3.05) is 7.05 Å². The summed E-state index contributed by atoms with van der Waals surface area (Å²) in [6, 6.07) is 4.41. The highest BCUT2D eigenvalue weighted by molar-refractivity contribution is 5.87. The Morgan fingerprint density at radius 3 is 2.50 bits per heavy atom. The molecule has 0 radical (unpaired) electrons. The Balaban J connectivity index is 2.76. The second-order valence-corrected chi connectivity index (χ2v) is 5.98. The lowest BCUT2D eigenvalue weighted by Gasteiger charge is -2.19. The van der Waals surface area contributed by atoms with Gasteiger partial charge in [-0.05, 0) is 42.5 Å². The number of nitrogens with one attached hydrogen (secondary N) is 2. The van der Waals surface area contributed by atoms with Crippen LogP contribution in [0.5, 0.6) is 5.75 Å². The molecule has 2 amide bonds. The number of hydrogen-bond acceptors (Lipinski definition) is 3. The second-order valence-electron chi connectivity index (χ2n) is 5.98. The highest BCUT2D eigenvalue weighted by Crippen LogP contribution is 2.17. The lowest BCUT2D eigenvalue weighted by atomic mass is 9.99. The van der Waals surface area contributed by atoms with Crippen LogP contribution in [0.15, 0.2) is 18.2 Å². The molecule has 22 heavy (non-hydrogen) atoms. The summed E-state index contributed by atoms with van der Waals surface area (Å²) in [5.41, 5.74) is 1.82. The van der Waals surface area contributed by atoms with Crippen LogP contribution in [0.3, 0.4) is 0 Å². The van der Waals surface area contributed by atoms with Crippen molar-refractivity contribution in [2.45, 2.75) is 46.1 Å². The second kappa shape index (κ2) is 8.41. The number of amides is 2. The summed E-state index contributed by atoms with van der Waals surface area (Å²) in [4.78, 5) is 24.0. The van der Waals surface area contributed by atoms with E-state index in [2.05, 4.69) is 24.5 Å². The first-order valence-corrected chi connectivity index (χ1v) is 7.63. The average molecular weight is 306 g/mol. The Morgan fingerprint density at radius 1 is 1.27 bits per heavy atom. The Kier molecular flexibility index (Phi) is 6.89. The highest BCUT2D eigenvalue weighted by atomic mass is 16.3. The third kappa shape index (κ3) is 5.76. The molecule has 5 nitrogen and oxygen atoms in total. The molecule has 1 atom stereocenters. The topological polar surface area (TPSA) is 78.4 Å². The molecule has 0 saturated carbocycles. The summed E-state index contributed by atoms with van der Waals surface area (Å²) in [6.45, 7) is 5.99. The summed E-state index contributed by atoms with van der Waals surface area (Å²) < 4.78 is 0. The van der Waals surface area contributed by atoms with E-state index in [1.165, 1.54) is 0 Å². The number of phenols is 1.